The zero-order valence-corrected chi connectivity index (χ0v) is 19.5. The monoisotopic (exact) mass is 436 g/mol. The predicted molar refractivity (Wildman–Crippen MR) is 128 cm³/mol. The van der Waals surface area contributed by atoms with Crippen molar-refractivity contribution < 1.29 is 4.79 Å². The summed E-state index contributed by atoms with van der Waals surface area (Å²) in [6.07, 6.45) is 9.88. The molecule has 0 unspecified atom stereocenters. The van der Waals surface area contributed by atoms with Gasteiger partial charge in [0.15, 0.2) is 0 Å². The summed E-state index contributed by atoms with van der Waals surface area (Å²) in [7, 11) is 0. The van der Waals surface area contributed by atoms with Gasteiger partial charge in [-0.05, 0) is 82.2 Å². The third-order valence-corrected chi connectivity index (χ3v) is 7.93. The second kappa shape index (κ2) is 8.14. The zero-order chi connectivity index (χ0) is 21.6. The van der Waals surface area contributed by atoms with Gasteiger partial charge in [-0.3, -0.25) is 9.52 Å². The molecule has 2 aromatic rings. The van der Waals surface area contributed by atoms with Gasteiger partial charge in [0.05, 0.1) is 11.1 Å². The van der Waals surface area contributed by atoms with E-state index in [1.807, 2.05) is 6.20 Å². The van der Waals surface area contributed by atoms with Crippen molar-refractivity contribution in [3.05, 3.63) is 41.6 Å². The molecule has 0 bridgehead atoms. The molecule has 2 N–H and O–H groups in total. The fraction of sp³-hybridized carbons (Fsp3) is 0.520. The number of aromatic nitrogens is 1. The number of fused-ring (bicyclic) bond motifs is 2. The van der Waals surface area contributed by atoms with Crippen molar-refractivity contribution in [1.82, 2.24) is 9.71 Å². The smallest absolute Gasteiger partial charge is 0.238 e. The molecule has 3 aliphatic rings. The Hall–Kier alpha value is -2.05. The minimum Gasteiger partial charge on any atom is -0.340 e. The van der Waals surface area contributed by atoms with E-state index < -0.39 is 0 Å². The van der Waals surface area contributed by atoms with E-state index >= 15 is 0 Å². The molecule has 0 saturated heterocycles. The first-order valence-corrected chi connectivity index (χ1v) is 12.4. The maximum atomic E-state index is 13.4. The van der Waals surface area contributed by atoms with Crippen molar-refractivity contribution in [3.63, 3.8) is 0 Å². The van der Waals surface area contributed by atoms with Gasteiger partial charge in [-0.2, -0.15) is 0 Å². The molecule has 1 amide bonds. The lowest BCUT2D eigenvalue weighted by Crippen LogP contribution is -2.41. The van der Waals surface area contributed by atoms with E-state index in [1.165, 1.54) is 29.7 Å². The number of carbonyl (C=O) groups is 1. The van der Waals surface area contributed by atoms with Gasteiger partial charge in [0.25, 0.3) is 0 Å². The summed E-state index contributed by atoms with van der Waals surface area (Å²) in [5, 5.41) is 3.50. The Bertz CT molecular complexity index is 995. The molecule has 2 fully saturated rings. The SMILES string of the molecule is Cc1cc(SNC(C)C)ccc1Nc1cc2c(cn1)C1(CC1)C(=O)N2C1CCCCC1. The molecule has 2 saturated carbocycles. The molecule has 6 heteroatoms. The van der Waals surface area contributed by atoms with Crippen LogP contribution in [0.25, 0.3) is 0 Å². The third kappa shape index (κ3) is 3.85. The number of aryl methyl sites for hydroxylation is 1. The van der Waals surface area contributed by atoms with E-state index in [2.05, 4.69) is 60.0 Å². The number of benzene rings is 1. The molecule has 0 atom stereocenters. The van der Waals surface area contributed by atoms with Gasteiger partial charge in [-0.25, -0.2) is 4.98 Å². The first-order valence-electron chi connectivity index (χ1n) is 11.6. The van der Waals surface area contributed by atoms with E-state index in [-0.39, 0.29) is 5.41 Å². The van der Waals surface area contributed by atoms with Crippen LogP contribution in [0.5, 0.6) is 0 Å². The highest BCUT2D eigenvalue weighted by atomic mass is 32.2. The number of nitrogens with one attached hydrogen (secondary N) is 2. The topological polar surface area (TPSA) is 57.3 Å². The van der Waals surface area contributed by atoms with Crippen LogP contribution in [0.4, 0.5) is 17.2 Å². The van der Waals surface area contributed by atoms with Crippen LogP contribution in [0.2, 0.25) is 0 Å². The standard InChI is InChI=1S/C25H32N4OS/c1-16(2)28-31-19-9-10-21(17(3)13-19)27-23-14-22-20(15-26-23)25(11-12-25)24(30)29(22)18-7-5-4-6-8-18/h9-10,13-16,18,28H,4-8,11-12H2,1-3H3,(H,26,27). The maximum Gasteiger partial charge on any atom is 0.238 e. The van der Waals surface area contributed by atoms with Gasteiger partial charge in [0.2, 0.25) is 5.91 Å². The molecule has 164 valence electrons. The minimum absolute atomic E-state index is 0.267. The molecular formula is C25H32N4OS. The van der Waals surface area contributed by atoms with Gasteiger partial charge < -0.3 is 10.2 Å². The van der Waals surface area contributed by atoms with Crippen LogP contribution in [0.3, 0.4) is 0 Å². The Labute approximate surface area is 189 Å². The normalized spacial score (nSPS) is 19.9. The van der Waals surface area contributed by atoms with Crippen LogP contribution in [-0.4, -0.2) is 23.0 Å². The molecule has 0 radical (unpaired) electrons. The van der Waals surface area contributed by atoms with Crippen LogP contribution >= 0.6 is 11.9 Å². The minimum atomic E-state index is -0.267. The first-order chi connectivity index (χ1) is 15.0. The van der Waals surface area contributed by atoms with Gasteiger partial charge in [0, 0.05) is 40.5 Å². The average molecular weight is 437 g/mol. The Morgan fingerprint density at radius 3 is 2.61 bits per heavy atom. The number of rotatable bonds is 6. The quantitative estimate of drug-likeness (QED) is 0.556. The van der Waals surface area contributed by atoms with Crippen LogP contribution in [0.15, 0.2) is 35.4 Å². The summed E-state index contributed by atoms with van der Waals surface area (Å²) in [4.78, 5) is 21.4. The molecule has 1 aromatic carbocycles. The average Bonchev–Trinajstić information content (AvgIpc) is 3.53. The Balaban J connectivity index is 1.40. The van der Waals surface area contributed by atoms with Gasteiger partial charge in [0.1, 0.15) is 5.82 Å². The van der Waals surface area contributed by atoms with Crippen LogP contribution in [0.1, 0.15) is 69.9 Å². The fourth-order valence-corrected chi connectivity index (χ4v) is 5.75. The zero-order valence-electron chi connectivity index (χ0n) is 18.7. The van der Waals surface area contributed by atoms with Crippen molar-refractivity contribution in [2.45, 2.75) is 88.1 Å². The fourth-order valence-electron chi connectivity index (χ4n) is 5.01. The van der Waals surface area contributed by atoms with Gasteiger partial charge >= 0.3 is 0 Å². The highest BCUT2D eigenvalue weighted by Crippen LogP contribution is 2.58. The molecule has 2 heterocycles. The summed E-state index contributed by atoms with van der Waals surface area (Å²) >= 11 is 1.66. The van der Waals surface area contributed by atoms with Crippen molar-refractivity contribution >= 4 is 35.0 Å². The van der Waals surface area contributed by atoms with Crippen molar-refractivity contribution in [1.29, 1.82) is 0 Å². The van der Waals surface area contributed by atoms with E-state index in [9.17, 15) is 4.79 Å². The predicted octanol–water partition coefficient (Wildman–Crippen LogP) is 5.85. The highest BCUT2D eigenvalue weighted by molar-refractivity contribution is 7.97. The summed E-state index contributed by atoms with van der Waals surface area (Å²) in [6, 6.07) is 9.32. The van der Waals surface area contributed by atoms with E-state index in [0.717, 1.165) is 48.4 Å². The van der Waals surface area contributed by atoms with Crippen molar-refractivity contribution in [3.8, 4) is 0 Å². The lowest BCUT2D eigenvalue weighted by Gasteiger charge is -2.32. The van der Waals surface area contributed by atoms with E-state index in [0.29, 0.717) is 18.0 Å². The highest BCUT2D eigenvalue weighted by Gasteiger charge is 2.60. The molecule has 5 nitrogen and oxygen atoms in total. The summed E-state index contributed by atoms with van der Waals surface area (Å²) in [5.74, 6) is 1.14. The van der Waals surface area contributed by atoms with Gasteiger partial charge in [-0.1, -0.05) is 19.3 Å². The molecule has 31 heavy (non-hydrogen) atoms. The second-order valence-electron chi connectivity index (χ2n) is 9.61. The number of hydrogen-bond acceptors (Lipinski definition) is 5. The maximum absolute atomic E-state index is 13.4. The molecule has 1 spiro atoms. The summed E-state index contributed by atoms with van der Waals surface area (Å²) in [5.41, 5.74) is 4.21. The lowest BCUT2D eigenvalue weighted by molar-refractivity contribution is -0.120. The number of carbonyl (C=O) groups excluding carboxylic acids is 1. The molecule has 1 aromatic heterocycles. The number of amides is 1. The largest absolute Gasteiger partial charge is 0.340 e. The number of anilines is 3. The number of hydrogen-bond donors (Lipinski definition) is 2. The number of nitrogens with zero attached hydrogens (tertiary/aromatic N) is 2. The lowest BCUT2D eigenvalue weighted by atomic mass is 9.94. The number of pyridine rings is 1. The molecule has 5 rings (SSSR count). The Kier molecular flexibility index (Phi) is 5.47. The van der Waals surface area contributed by atoms with E-state index in [1.54, 1.807) is 11.9 Å². The van der Waals surface area contributed by atoms with Crippen LogP contribution in [0, 0.1) is 6.92 Å². The summed E-state index contributed by atoms with van der Waals surface area (Å²) < 4.78 is 3.39. The second-order valence-corrected chi connectivity index (χ2v) is 10.5. The van der Waals surface area contributed by atoms with Crippen molar-refractivity contribution in [2.24, 2.45) is 0 Å². The Morgan fingerprint density at radius 2 is 1.94 bits per heavy atom. The van der Waals surface area contributed by atoms with E-state index in [4.69, 9.17) is 4.98 Å². The van der Waals surface area contributed by atoms with Crippen LogP contribution in [-0.2, 0) is 10.2 Å². The molecular weight excluding hydrogens is 404 g/mol. The Morgan fingerprint density at radius 1 is 1.16 bits per heavy atom. The summed E-state index contributed by atoms with van der Waals surface area (Å²) in [6.45, 7) is 6.40. The van der Waals surface area contributed by atoms with Crippen LogP contribution < -0.4 is 14.9 Å². The van der Waals surface area contributed by atoms with Crippen molar-refractivity contribution in [2.75, 3.05) is 10.2 Å². The first kappa shape index (κ1) is 20.8. The third-order valence-electron chi connectivity index (χ3n) is 6.85. The molecule has 2 aliphatic carbocycles. The molecule has 1 aliphatic heterocycles. The van der Waals surface area contributed by atoms with Gasteiger partial charge in [-0.15, -0.1) is 0 Å².